The number of anilines is 2. The lowest BCUT2D eigenvalue weighted by Gasteiger charge is -2.18. The summed E-state index contributed by atoms with van der Waals surface area (Å²) < 4.78 is 3.01. The highest BCUT2D eigenvalue weighted by Gasteiger charge is 2.35. The van der Waals surface area contributed by atoms with Crippen molar-refractivity contribution in [2.24, 2.45) is 5.92 Å². The number of nitrogens with zero attached hydrogens (tertiary/aromatic N) is 2. The van der Waals surface area contributed by atoms with Crippen molar-refractivity contribution < 1.29 is 9.59 Å². The van der Waals surface area contributed by atoms with Crippen LogP contribution >= 0.6 is 15.9 Å². The molecule has 3 aromatic rings. The van der Waals surface area contributed by atoms with E-state index in [1.165, 1.54) is 0 Å². The second-order valence-electron chi connectivity index (χ2n) is 6.72. The van der Waals surface area contributed by atoms with E-state index in [-0.39, 0.29) is 24.2 Å². The second kappa shape index (κ2) is 7.19. The standard InChI is InChI=1S/C21H20BrN3O2/c1-2-24-10-9-14-11-16(7-8-18(14)24)23-21(27)15-12-20(26)25(13-15)19-6-4-3-5-17(19)22/h3-11,15H,2,12-13H2,1H3,(H,23,27). The number of carbonyl (C=O) groups excluding carboxylic acids is 2. The molecule has 1 atom stereocenters. The number of hydrogen-bond acceptors (Lipinski definition) is 2. The minimum atomic E-state index is -0.361. The van der Waals surface area contributed by atoms with Crippen molar-refractivity contribution in [3.05, 3.63) is 59.2 Å². The number of hydrogen-bond donors (Lipinski definition) is 1. The van der Waals surface area contributed by atoms with Gasteiger partial charge in [0.1, 0.15) is 0 Å². The van der Waals surface area contributed by atoms with E-state index in [1.807, 2.05) is 54.7 Å². The van der Waals surface area contributed by atoms with E-state index in [0.29, 0.717) is 6.54 Å². The van der Waals surface area contributed by atoms with Gasteiger partial charge in [-0.25, -0.2) is 0 Å². The van der Waals surface area contributed by atoms with E-state index in [1.54, 1.807) is 4.90 Å². The molecular formula is C21H20BrN3O2. The highest BCUT2D eigenvalue weighted by atomic mass is 79.9. The molecule has 138 valence electrons. The summed E-state index contributed by atoms with van der Waals surface area (Å²) in [6.07, 6.45) is 2.27. The molecule has 27 heavy (non-hydrogen) atoms. The summed E-state index contributed by atoms with van der Waals surface area (Å²) in [5, 5.41) is 4.06. The molecule has 0 radical (unpaired) electrons. The Morgan fingerprint density at radius 3 is 2.81 bits per heavy atom. The first kappa shape index (κ1) is 17.8. The molecular weight excluding hydrogens is 406 g/mol. The summed E-state index contributed by atoms with van der Waals surface area (Å²) in [5.74, 6) is -0.509. The molecule has 0 saturated carbocycles. The van der Waals surface area contributed by atoms with Gasteiger partial charge in [0.2, 0.25) is 11.8 Å². The zero-order chi connectivity index (χ0) is 19.0. The summed E-state index contributed by atoms with van der Waals surface area (Å²) in [5.41, 5.74) is 2.71. The molecule has 0 bridgehead atoms. The highest BCUT2D eigenvalue weighted by Crippen LogP contribution is 2.32. The van der Waals surface area contributed by atoms with Crippen molar-refractivity contribution in [3.63, 3.8) is 0 Å². The van der Waals surface area contributed by atoms with Crippen molar-refractivity contribution in [2.75, 3.05) is 16.8 Å². The lowest BCUT2D eigenvalue weighted by Crippen LogP contribution is -2.28. The fourth-order valence-electron chi connectivity index (χ4n) is 3.58. The van der Waals surface area contributed by atoms with Crippen molar-refractivity contribution in [1.82, 2.24) is 4.57 Å². The van der Waals surface area contributed by atoms with Gasteiger partial charge in [0.15, 0.2) is 0 Å². The summed E-state index contributed by atoms with van der Waals surface area (Å²) in [7, 11) is 0. The number of benzene rings is 2. The molecule has 0 spiro atoms. The third-order valence-electron chi connectivity index (χ3n) is 5.02. The Morgan fingerprint density at radius 1 is 1.22 bits per heavy atom. The van der Waals surface area contributed by atoms with Crippen LogP contribution in [0.4, 0.5) is 11.4 Å². The molecule has 1 aliphatic heterocycles. The second-order valence-corrected chi connectivity index (χ2v) is 7.58. The topological polar surface area (TPSA) is 54.3 Å². The summed E-state index contributed by atoms with van der Waals surface area (Å²) in [6, 6.07) is 15.5. The molecule has 6 heteroatoms. The maximum Gasteiger partial charge on any atom is 0.229 e. The predicted octanol–water partition coefficient (Wildman–Crippen LogP) is 4.42. The molecule has 5 nitrogen and oxygen atoms in total. The maximum atomic E-state index is 12.7. The Hall–Kier alpha value is -2.60. The van der Waals surface area contributed by atoms with Crippen LogP contribution < -0.4 is 10.2 Å². The van der Waals surface area contributed by atoms with Gasteiger partial charge in [-0.1, -0.05) is 12.1 Å². The zero-order valence-electron chi connectivity index (χ0n) is 15.0. The third kappa shape index (κ3) is 3.37. The van der Waals surface area contributed by atoms with Crippen LogP contribution in [0.25, 0.3) is 10.9 Å². The third-order valence-corrected chi connectivity index (χ3v) is 5.69. The lowest BCUT2D eigenvalue weighted by molar-refractivity contribution is -0.122. The Labute approximate surface area is 166 Å². The summed E-state index contributed by atoms with van der Waals surface area (Å²) >= 11 is 3.48. The van der Waals surface area contributed by atoms with E-state index < -0.39 is 0 Å². The Balaban J connectivity index is 1.49. The Morgan fingerprint density at radius 2 is 2.04 bits per heavy atom. The van der Waals surface area contributed by atoms with Gasteiger partial charge < -0.3 is 14.8 Å². The number of carbonyl (C=O) groups is 2. The molecule has 1 fully saturated rings. The van der Waals surface area contributed by atoms with Gasteiger partial charge in [0.25, 0.3) is 0 Å². The Bertz CT molecular complexity index is 1030. The Kier molecular flexibility index (Phi) is 4.74. The molecule has 1 unspecified atom stereocenters. The molecule has 1 aliphatic rings. The van der Waals surface area contributed by atoms with E-state index >= 15 is 0 Å². The first-order valence-electron chi connectivity index (χ1n) is 9.01. The minimum Gasteiger partial charge on any atom is -0.348 e. The van der Waals surface area contributed by atoms with Gasteiger partial charge in [-0.15, -0.1) is 0 Å². The van der Waals surface area contributed by atoms with Gasteiger partial charge in [-0.3, -0.25) is 9.59 Å². The van der Waals surface area contributed by atoms with Gasteiger partial charge in [-0.2, -0.15) is 0 Å². The van der Waals surface area contributed by atoms with Crippen molar-refractivity contribution in [2.45, 2.75) is 19.9 Å². The van der Waals surface area contributed by atoms with Crippen LogP contribution in [0.15, 0.2) is 59.2 Å². The van der Waals surface area contributed by atoms with Crippen LogP contribution in [0.2, 0.25) is 0 Å². The molecule has 1 N–H and O–H groups in total. The fraction of sp³-hybridized carbons (Fsp3) is 0.238. The number of fused-ring (bicyclic) bond motifs is 1. The summed E-state index contributed by atoms with van der Waals surface area (Å²) in [6.45, 7) is 3.40. The molecule has 2 aromatic carbocycles. The number of aryl methyl sites for hydroxylation is 1. The van der Waals surface area contributed by atoms with Crippen LogP contribution in [0, 0.1) is 5.92 Å². The quantitative estimate of drug-likeness (QED) is 0.672. The van der Waals surface area contributed by atoms with Crippen molar-refractivity contribution in [1.29, 1.82) is 0 Å². The van der Waals surface area contributed by atoms with Gasteiger partial charge >= 0.3 is 0 Å². The number of para-hydroxylation sites is 1. The zero-order valence-corrected chi connectivity index (χ0v) is 16.6. The largest absolute Gasteiger partial charge is 0.348 e. The SMILES string of the molecule is CCn1ccc2cc(NC(=O)C3CC(=O)N(c4ccccc4Br)C3)ccc21. The van der Waals surface area contributed by atoms with Crippen LogP contribution in [-0.4, -0.2) is 22.9 Å². The molecule has 0 aliphatic carbocycles. The number of aromatic nitrogens is 1. The monoisotopic (exact) mass is 425 g/mol. The van der Waals surface area contributed by atoms with Crippen molar-refractivity contribution in [3.8, 4) is 0 Å². The molecule has 4 rings (SSSR count). The molecule has 1 saturated heterocycles. The average Bonchev–Trinajstić information content (AvgIpc) is 3.25. The number of rotatable bonds is 4. The van der Waals surface area contributed by atoms with E-state index in [4.69, 9.17) is 0 Å². The maximum absolute atomic E-state index is 12.7. The van der Waals surface area contributed by atoms with E-state index in [0.717, 1.165) is 33.3 Å². The molecule has 2 amide bonds. The first-order valence-corrected chi connectivity index (χ1v) is 9.80. The van der Waals surface area contributed by atoms with Crippen molar-refractivity contribution >= 4 is 50.0 Å². The number of nitrogens with one attached hydrogen (secondary N) is 1. The summed E-state index contributed by atoms with van der Waals surface area (Å²) in [4.78, 5) is 26.8. The minimum absolute atomic E-state index is 0.0301. The predicted molar refractivity (Wildman–Crippen MR) is 111 cm³/mol. The van der Waals surface area contributed by atoms with Crippen LogP contribution in [-0.2, 0) is 16.1 Å². The van der Waals surface area contributed by atoms with Crippen LogP contribution in [0.5, 0.6) is 0 Å². The van der Waals surface area contributed by atoms with Crippen LogP contribution in [0.1, 0.15) is 13.3 Å². The molecule has 1 aromatic heterocycles. The average molecular weight is 426 g/mol. The van der Waals surface area contributed by atoms with E-state index in [9.17, 15) is 9.59 Å². The highest BCUT2D eigenvalue weighted by molar-refractivity contribution is 9.10. The number of halogens is 1. The molecule has 2 heterocycles. The van der Waals surface area contributed by atoms with Gasteiger partial charge in [0, 0.05) is 46.8 Å². The van der Waals surface area contributed by atoms with Gasteiger partial charge in [0.05, 0.1) is 11.6 Å². The smallest absolute Gasteiger partial charge is 0.229 e. The number of amides is 2. The first-order chi connectivity index (χ1) is 13.1. The fourth-order valence-corrected chi connectivity index (χ4v) is 4.08. The van der Waals surface area contributed by atoms with Crippen LogP contribution in [0.3, 0.4) is 0 Å². The lowest BCUT2D eigenvalue weighted by atomic mass is 10.1. The normalized spacial score (nSPS) is 16.9. The van der Waals surface area contributed by atoms with E-state index in [2.05, 4.69) is 32.7 Å². The van der Waals surface area contributed by atoms with Gasteiger partial charge in [-0.05, 0) is 59.3 Å².